The van der Waals surface area contributed by atoms with Gasteiger partial charge in [-0.25, -0.2) is 8.78 Å². The molecule has 1 saturated heterocycles. The van der Waals surface area contributed by atoms with Gasteiger partial charge in [-0.05, 0) is 31.2 Å². The number of anilines is 2. The molecule has 1 N–H and O–H groups in total. The molecule has 0 spiro atoms. The van der Waals surface area contributed by atoms with E-state index in [2.05, 4.69) is 10.2 Å². The van der Waals surface area contributed by atoms with E-state index in [1.807, 2.05) is 29.2 Å². The lowest BCUT2D eigenvalue weighted by Crippen LogP contribution is -2.53. The lowest BCUT2D eigenvalue weighted by atomic mass is 10.2. The molecule has 2 aromatic carbocycles. The van der Waals surface area contributed by atoms with Crippen molar-refractivity contribution in [2.75, 3.05) is 43.5 Å². The smallest absolute Gasteiger partial charge is 0.241 e. The van der Waals surface area contributed by atoms with Gasteiger partial charge in [0.05, 0.1) is 18.8 Å². The highest BCUT2D eigenvalue weighted by Crippen LogP contribution is 2.28. The van der Waals surface area contributed by atoms with Crippen molar-refractivity contribution < 1.29 is 18.3 Å². The number of hydrogen-bond donors (Lipinski definition) is 1. The fourth-order valence-electron chi connectivity index (χ4n) is 3.25. The number of nitrogens with one attached hydrogen (secondary N) is 1. The average molecular weight is 375 g/mol. The van der Waals surface area contributed by atoms with E-state index in [0.29, 0.717) is 13.1 Å². The van der Waals surface area contributed by atoms with E-state index in [1.165, 1.54) is 6.07 Å². The van der Waals surface area contributed by atoms with Crippen molar-refractivity contribution in [2.45, 2.75) is 13.0 Å². The van der Waals surface area contributed by atoms with E-state index in [4.69, 9.17) is 4.74 Å². The van der Waals surface area contributed by atoms with Gasteiger partial charge < -0.3 is 15.0 Å². The topological polar surface area (TPSA) is 44.8 Å². The summed E-state index contributed by atoms with van der Waals surface area (Å²) in [5.74, 6) is -1.18. The molecule has 7 heteroatoms. The molecule has 1 aliphatic rings. The molecule has 1 heterocycles. The van der Waals surface area contributed by atoms with E-state index >= 15 is 0 Å². The molecule has 1 atom stereocenters. The summed E-state index contributed by atoms with van der Waals surface area (Å²) in [6.07, 6.45) is 0. The van der Waals surface area contributed by atoms with Gasteiger partial charge in [-0.2, -0.15) is 0 Å². The quantitative estimate of drug-likeness (QED) is 0.872. The van der Waals surface area contributed by atoms with Gasteiger partial charge in [0.1, 0.15) is 23.1 Å². The van der Waals surface area contributed by atoms with Crippen LogP contribution in [0.3, 0.4) is 0 Å². The molecule has 27 heavy (non-hydrogen) atoms. The minimum atomic E-state index is -0.781. The van der Waals surface area contributed by atoms with E-state index in [1.54, 1.807) is 14.0 Å². The molecular formula is C20H23F2N3O2. The fraction of sp³-hybridized carbons (Fsp3) is 0.350. The molecule has 2 aromatic rings. The second kappa shape index (κ2) is 8.35. The number of para-hydroxylation sites is 3. The van der Waals surface area contributed by atoms with Gasteiger partial charge in [0.2, 0.25) is 5.91 Å². The summed E-state index contributed by atoms with van der Waals surface area (Å²) in [5, 5.41) is 2.37. The zero-order valence-corrected chi connectivity index (χ0v) is 15.4. The zero-order valence-electron chi connectivity index (χ0n) is 15.4. The lowest BCUT2D eigenvalue weighted by Gasteiger charge is -2.38. The molecule has 144 valence electrons. The van der Waals surface area contributed by atoms with Crippen LogP contribution in [0.5, 0.6) is 5.75 Å². The van der Waals surface area contributed by atoms with Crippen LogP contribution in [0.2, 0.25) is 0 Å². The largest absolute Gasteiger partial charge is 0.495 e. The first-order chi connectivity index (χ1) is 13.0. The molecule has 5 nitrogen and oxygen atoms in total. The van der Waals surface area contributed by atoms with Crippen LogP contribution in [-0.4, -0.2) is 50.1 Å². The van der Waals surface area contributed by atoms with Gasteiger partial charge in [0.15, 0.2) is 0 Å². The fourth-order valence-corrected chi connectivity index (χ4v) is 3.25. The van der Waals surface area contributed by atoms with Crippen LogP contribution in [0.25, 0.3) is 0 Å². The highest BCUT2D eigenvalue weighted by molar-refractivity contribution is 5.94. The van der Waals surface area contributed by atoms with Crippen molar-refractivity contribution in [2.24, 2.45) is 0 Å². The number of carbonyl (C=O) groups excluding carboxylic acids is 1. The van der Waals surface area contributed by atoms with Gasteiger partial charge >= 0.3 is 0 Å². The number of halogens is 2. The second-order valence-corrected chi connectivity index (χ2v) is 6.46. The molecule has 1 amide bonds. The van der Waals surface area contributed by atoms with Crippen LogP contribution in [0.1, 0.15) is 6.92 Å². The SMILES string of the molecule is COc1ccccc1N1CCN([C@H](C)C(=O)Nc2c(F)cccc2F)CC1. The predicted octanol–water partition coefficient (Wildman–Crippen LogP) is 3.12. The number of piperazine rings is 1. The van der Waals surface area contributed by atoms with Gasteiger partial charge in [-0.1, -0.05) is 18.2 Å². The number of rotatable bonds is 5. The van der Waals surface area contributed by atoms with E-state index in [0.717, 1.165) is 36.7 Å². The minimum Gasteiger partial charge on any atom is -0.495 e. The molecule has 0 aliphatic carbocycles. The summed E-state index contributed by atoms with van der Waals surface area (Å²) < 4.78 is 32.9. The number of hydrogen-bond acceptors (Lipinski definition) is 4. The molecule has 1 fully saturated rings. The number of carbonyl (C=O) groups is 1. The first kappa shape index (κ1) is 19.1. The van der Waals surface area contributed by atoms with Crippen LogP contribution in [0, 0.1) is 11.6 Å². The van der Waals surface area contributed by atoms with Crippen LogP contribution < -0.4 is 15.0 Å². The first-order valence-electron chi connectivity index (χ1n) is 8.88. The Balaban J connectivity index is 1.61. The Morgan fingerprint density at radius 3 is 2.30 bits per heavy atom. The average Bonchev–Trinajstić information content (AvgIpc) is 2.70. The summed E-state index contributed by atoms with van der Waals surface area (Å²) in [6.45, 7) is 4.52. The van der Waals surface area contributed by atoms with E-state index in [-0.39, 0.29) is 0 Å². The summed E-state index contributed by atoms with van der Waals surface area (Å²) in [4.78, 5) is 16.7. The van der Waals surface area contributed by atoms with Gasteiger partial charge in [-0.3, -0.25) is 9.69 Å². The molecule has 0 radical (unpaired) electrons. The predicted molar refractivity (Wildman–Crippen MR) is 101 cm³/mol. The normalized spacial score (nSPS) is 16.1. The monoisotopic (exact) mass is 375 g/mol. The highest BCUT2D eigenvalue weighted by atomic mass is 19.1. The van der Waals surface area contributed by atoms with Crippen molar-refractivity contribution in [1.82, 2.24) is 4.90 Å². The first-order valence-corrected chi connectivity index (χ1v) is 8.88. The number of amides is 1. The summed E-state index contributed by atoms with van der Waals surface area (Å²) in [5.41, 5.74) is 0.618. The second-order valence-electron chi connectivity index (χ2n) is 6.46. The van der Waals surface area contributed by atoms with Gasteiger partial charge in [0.25, 0.3) is 0 Å². The Bertz CT molecular complexity index is 787. The van der Waals surface area contributed by atoms with Crippen LogP contribution in [-0.2, 0) is 4.79 Å². The van der Waals surface area contributed by atoms with Gasteiger partial charge in [-0.15, -0.1) is 0 Å². The summed E-state index contributed by atoms with van der Waals surface area (Å²) in [6, 6.07) is 10.8. The summed E-state index contributed by atoms with van der Waals surface area (Å²) >= 11 is 0. The number of benzene rings is 2. The molecular weight excluding hydrogens is 352 g/mol. The Kier molecular flexibility index (Phi) is 5.91. The highest BCUT2D eigenvalue weighted by Gasteiger charge is 2.27. The third-order valence-electron chi connectivity index (χ3n) is 4.88. The van der Waals surface area contributed by atoms with Crippen molar-refractivity contribution >= 4 is 17.3 Å². The van der Waals surface area contributed by atoms with E-state index in [9.17, 15) is 13.6 Å². The van der Waals surface area contributed by atoms with Crippen molar-refractivity contribution in [3.8, 4) is 5.75 Å². The molecule has 0 bridgehead atoms. The van der Waals surface area contributed by atoms with Gasteiger partial charge in [0, 0.05) is 26.2 Å². The standard InChI is InChI=1S/C20H23F2N3O2/c1-14(20(26)23-19-15(21)6-5-7-16(19)22)24-10-12-25(13-11-24)17-8-3-4-9-18(17)27-2/h3-9,14H,10-13H2,1-2H3,(H,23,26)/t14-/m1/s1. The number of methoxy groups -OCH3 is 1. The van der Waals surface area contributed by atoms with Crippen molar-refractivity contribution in [3.05, 3.63) is 54.1 Å². The van der Waals surface area contributed by atoms with Crippen LogP contribution in [0.15, 0.2) is 42.5 Å². The Hall–Kier alpha value is -2.67. The Morgan fingerprint density at radius 1 is 1.04 bits per heavy atom. The molecule has 0 unspecified atom stereocenters. The van der Waals surface area contributed by atoms with Crippen molar-refractivity contribution in [1.29, 1.82) is 0 Å². The van der Waals surface area contributed by atoms with Crippen LogP contribution in [0.4, 0.5) is 20.2 Å². The Morgan fingerprint density at radius 2 is 1.67 bits per heavy atom. The molecule has 0 aromatic heterocycles. The Labute approximate surface area is 157 Å². The van der Waals surface area contributed by atoms with Crippen LogP contribution >= 0.6 is 0 Å². The number of nitrogens with zero attached hydrogens (tertiary/aromatic N) is 2. The van der Waals surface area contributed by atoms with Crippen molar-refractivity contribution in [3.63, 3.8) is 0 Å². The summed E-state index contributed by atoms with van der Waals surface area (Å²) in [7, 11) is 1.64. The molecule has 3 rings (SSSR count). The maximum atomic E-state index is 13.7. The lowest BCUT2D eigenvalue weighted by molar-refractivity contribution is -0.120. The third-order valence-corrected chi connectivity index (χ3v) is 4.88. The maximum Gasteiger partial charge on any atom is 0.241 e. The minimum absolute atomic E-state index is 0.401. The zero-order chi connectivity index (χ0) is 19.4. The molecule has 1 aliphatic heterocycles. The third kappa shape index (κ3) is 4.19. The molecule has 0 saturated carbocycles. The maximum absolute atomic E-state index is 13.7. The van der Waals surface area contributed by atoms with E-state index < -0.39 is 29.3 Å². The number of ether oxygens (including phenoxy) is 1.